The number of nitrogens with one attached hydrogen (secondary N) is 1. The molecule has 1 aliphatic rings. The number of benzene rings is 2. The lowest BCUT2D eigenvalue weighted by atomic mass is 10.1. The smallest absolute Gasteiger partial charge is 0.328 e. The van der Waals surface area contributed by atoms with Gasteiger partial charge in [-0.3, -0.25) is 9.59 Å². The molecule has 9 heteroatoms. The molecule has 0 spiro atoms. The molecule has 0 fully saturated rings. The van der Waals surface area contributed by atoms with Crippen molar-refractivity contribution in [2.75, 3.05) is 20.3 Å². The third kappa shape index (κ3) is 4.76. The van der Waals surface area contributed by atoms with Gasteiger partial charge in [0, 0.05) is 6.07 Å². The summed E-state index contributed by atoms with van der Waals surface area (Å²) in [5, 5.41) is 19.9. The van der Waals surface area contributed by atoms with E-state index in [1.165, 1.54) is 18.2 Å². The molecule has 2 aromatic rings. The van der Waals surface area contributed by atoms with Crippen LogP contribution in [0.15, 0.2) is 48.2 Å². The van der Waals surface area contributed by atoms with Crippen molar-refractivity contribution in [3.8, 4) is 17.2 Å². The predicted molar refractivity (Wildman–Crippen MR) is 105 cm³/mol. The molecule has 1 atom stereocenters. The van der Waals surface area contributed by atoms with Crippen molar-refractivity contribution in [1.82, 2.24) is 5.32 Å². The first-order valence-corrected chi connectivity index (χ1v) is 8.89. The molecule has 0 bridgehead atoms. The number of hydrogen-bond acceptors (Lipinski definition) is 7. The lowest BCUT2D eigenvalue weighted by Crippen LogP contribution is -2.45. The van der Waals surface area contributed by atoms with Crippen LogP contribution in [0.5, 0.6) is 17.2 Å². The minimum atomic E-state index is -1.41. The van der Waals surface area contributed by atoms with E-state index in [1.807, 2.05) is 0 Å². The van der Waals surface area contributed by atoms with Gasteiger partial charge >= 0.3 is 5.97 Å². The number of methoxy groups -OCH3 is 1. The molecular weight excluding hydrogens is 394 g/mol. The average molecular weight is 413 g/mol. The molecular formula is C21H19NO8. The number of ether oxygens (including phenoxy) is 3. The Morgan fingerprint density at radius 2 is 1.87 bits per heavy atom. The molecule has 3 N–H and O–H groups in total. The molecule has 0 unspecified atom stereocenters. The first-order valence-electron chi connectivity index (χ1n) is 8.89. The van der Waals surface area contributed by atoms with Crippen LogP contribution in [-0.2, 0) is 9.59 Å². The van der Waals surface area contributed by atoms with Gasteiger partial charge in [-0.05, 0) is 35.9 Å². The lowest BCUT2D eigenvalue weighted by molar-refractivity contribution is -0.143. The van der Waals surface area contributed by atoms with Gasteiger partial charge in [0.2, 0.25) is 5.78 Å². The number of Topliss-reactive ketones (excluding diaryl/α,β-unsaturated/α-hetero) is 1. The second kappa shape index (κ2) is 9.10. The van der Waals surface area contributed by atoms with Gasteiger partial charge in [0.25, 0.3) is 5.91 Å². The highest BCUT2D eigenvalue weighted by atomic mass is 16.5. The van der Waals surface area contributed by atoms with Crippen LogP contribution in [0.1, 0.15) is 15.9 Å². The van der Waals surface area contributed by atoms with Gasteiger partial charge in [0.15, 0.2) is 12.4 Å². The number of carbonyl (C=O) groups is 3. The van der Waals surface area contributed by atoms with Gasteiger partial charge in [-0.2, -0.15) is 0 Å². The van der Waals surface area contributed by atoms with Crippen molar-refractivity contribution >= 4 is 23.7 Å². The lowest BCUT2D eigenvalue weighted by Gasteiger charge is -2.12. The summed E-state index contributed by atoms with van der Waals surface area (Å²) in [6.45, 7) is -1.20. The number of aliphatic carboxylic acids is 1. The molecule has 1 amide bonds. The summed E-state index contributed by atoms with van der Waals surface area (Å²) in [4.78, 5) is 35.1. The number of aliphatic hydroxyl groups excluding tert-OH is 1. The first kappa shape index (κ1) is 20.9. The quantitative estimate of drug-likeness (QED) is 0.551. The topological polar surface area (TPSA) is 131 Å². The Labute approximate surface area is 171 Å². The Bertz CT molecular complexity index is 997. The minimum absolute atomic E-state index is 0.150. The molecule has 9 nitrogen and oxygen atoms in total. The highest BCUT2D eigenvalue weighted by Gasteiger charge is 2.28. The maximum atomic E-state index is 12.5. The van der Waals surface area contributed by atoms with Crippen molar-refractivity contribution in [2.24, 2.45) is 0 Å². The van der Waals surface area contributed by atoms with Crippen molar-refractivity contribution < 1.29 is 38.8 Å². The summed E-state index contributed by atoms with van der Waals surface area (Å²) in [7, 11) is 1.56. The Hall–Kier alpha value is -3.85. The van der Waals surface area contributed by atoms with Crippen LogP contribution in [0.25, 0.3) is 6.08 Å². The van der Waals surface area contributed by atoms with Crippen LogP contribution in [0, 0.1) is 0 Å². The van der Waals surface area contributed by atoms with E-state index in [4.69, 9.17) is 24.4 Å². The summed E-state index contributed by atoms with van der Waals surface area (Å²) < 4.78 is 16.1. The second-order valence-corrected chi connectivity index (χ2v) is 6.30. The first-order chi connectivity index (χ1) is 14.4. The van der Waals surface area contributed by atoms with E-state index < -0.39 is 31.1 Å². The predicted octanol–water partition coefficient (Wildman–Crippen LogP) is 1.25. The van der Waals surface area contributed by atoms with Gasteiger partial charge in [-0.1, -0.05) is 12.1 Å². The number of carbonyl (C=O) groups excluding carboxylic acids is 2. The van der Waals surface area contributed by atoms with Gasteiger partial charge < -0.3 is 29.7 Å². The largest absolute Gasteiger partial charge is 0.497 e. The number of ketones is 1. The molecule has 3 rings (SSSR count). The zero-order chi connectivity index (χ0) is 21.7. The highest BCUT2D eigenvalue weighted by Crippen LogP contribution is 2.35. The van der Waals surface area contributed by atoms with Crippen LogP contribution in [0.2, 0.25) is 0 Å². The maximum Gasteiger partial charge on any atom is 0.328 e. The monoisotopic (exact) mass is 413 g/mol. The summed E-state index contributed by atoms with van der Waals surface area (Å²) in [5.74, 6) is -0.955. The third-order valence-electron chi connectivity index (χ3n) is 4.24. The fraction of sp³-hybridized carbons (Fsp3) is 0.190. The van der Waals surface area contributed by atoms with E-state index in [9.17, 15) is 14.4 Å². The van der Waals surface area contributed by atoms with Gasteiger partial charge in [-0.25, -0.2) is 4.79 Å². The summed E-state index contributed by atoms with van der Waals surface area (Å²) in [5.41, 5.74) is 1.12. The number of hydrogen-bond donors (Lipinski definition) is 3. The molecule has 0 aliphatic carbocycles. The fourth-order valence-electron chi connectivity index (χ4n) is 2.68. The molecule has 0 aromatic heterocycles. The van der Waals surface area contributed by atoms with Crippen LogP contribution >= 0.6 is 0 Å². The van der Waals surface area contributed by atoms with E-state index >= 15 is 0 Å². The number of amides is 1. The van der Waals surface area contributed by atoms with E-state index in [2.05, 4.69) is 5.32 Å². The van der Waals surface area contributed by atoms with E-state index in [1.54, 1.807) is 37.5 Å². The number of allylic oxidation sites excluding steroid dienone is 1. The van der Waals surface area contributed by atoms with Gasteiger partial charge in [0.05, 0.1) is 19.3 Å². The van der Waals surface area contributed by atoms with Crippen molar-refractivity contribution in [3.05, 3.63) is 59.4 Å². The number of aliphatic hydroxyl groups is 1. The third-order valence-corrected chi connectivity index (χ3v) is 4.24. The summed E-state index contributed by atoms with van der Waals surface area (Å²) in [6.07, 6.45) is 1.61. The van der Waals surface area contributed by atoms with Crippen molar-refractivity contribution in [1.29, 1.82) is 0 Å². The molecule has 0 saturated carbocycles. The minimum Gasteiger partial charge on any atom is -0.497 e. The maximum absolute atomic E-state index is 12.5. The Kier molecular flexibility index (Phi) is 6.33. The van der Waals surface area contributed by atoms with Crippen molar-refractivity contribution in [3.63, 3.8) is 0 Å². The van der Waals surface area contributed by atoms with E-state index in [0.717, 1.165) is 5.56 Å². The SMILES string of the molecule is COc1ccc(/C=C2\Oc3cc(OCC(=O)N[C@@H](CO)C(=O)O)ccc3C2=O)cc1. The standard InChI is InChI=1S/C21H19NO8/c1-28-13-4-2-12(3-5-13)8-18-20(25)15-7-6-14(9-17(15)30-18)29-11-19(24)22-16(10-23)21(26)27/h2-9,16,23H,10-11H2,1H3,(H,22,24)(H,26,27)/b18-8-/t16-/m0/s1. The fourth-order valence-corrected chi connectivity index (χ4v) is 2.68. The normalized spacial score (nSPS) is 14.6. The molecule has 2 aromatic carbocycles. The number of fused-ring (bicyclic) bond motifs is 1. The molecule has 0 radical (unpaired) electrons. The van der Waals surface area contributed by atoms with Gasteiger partial charge in [0.1, 0.15) is 23.3 Å². The Morgan fingerprint density at radius 3 is 2.50 bits per heavy atom. The number of rotatable bonds is 8. The number of carboxylic acid groups (broad SMARTS) is 1. The van der Waals surface area contributed by atoms with Crippen LogP contribution in [0.4, 0.5) is 0 Å². The van der Waals surface area contributed by atoms with Gasteiger partial charge in [-0.15, -0.1) is 0 Å². The summed E-state index contributed by atoms with van der Waals surface area (Å²) >= 11 is 0. The second-order valence-electron chi connectivity index (χ2n) is 6.30. The molecule has 30 heavy (non-hydrogen) atoms. The molecule has 1 aliphatic heterocycles. The van der Waals surface area contributed by atoms with Crippen LogP contribution in [0.3, 0.4) is 0 Å². The zero-order valence-electron chi connectivity index (χ0n) is 16.0. The number of carboxylic acids is 1. The molecule has 0 saturated heterocycles. The van der Waals surface area contributed by atoms with Crippen molar-refractivity contribution in [2.45, 2.75) is 6.04 Å². The Morgan fingerprint density at radius 1 is 1.17 bits per heavy atom. The molecule has 1 heterocycles. The zero-order valence-corrected chi connectivity index (χ0v) is 16.0. The van der Waals surface area contributed by atoms with E-state index in [-0.39, 0.29) is 23.0 Å². The van der Waals surface area contributed by atoms with Crippen LogP contribution in [-0.4, -0.2) is 54.2 Å². The average Bonchev–Trinajstić information content (AvgIpc) is 3.05. The molecule has 156 valence electrons. The summed E-state index contributed by atoms with van der Waals surface area (Å²) in [6, 6.07) is 10.2. The highest BCUT2D eigenvalue weighted by molar-refractivity contribution is 6.14. The Balaban J connectivity index is 1.65. The van der Waals surface area contributed by atoms with Crippen LogP contribution < -0.4 is 19.5 Å². The van der Waals surface area contributed by atoms with E-state index in [0.29, 0.717) is 11.3 Å².